The minimum Gasteiger partial charge on any atom is -0.494 e. The Morgan fingerprint density at radius 3 is 2.88 bits per heavy atom. The maximum absolute atomic E-state index is 9.13. The van der Waals surface area contributed by atoms with Gasteiger partial charge < -0.3 is 15.6 Å². The summed E-state index contributed by atoms with van der Waals surface area (Å²) in [6.07, 6.45) is 0. The Morgan fingerprint density at radius 1 is 1.50 bits per heavy atom. The molecule has 0 aliphatic rings. The van der Waals surface area contributed by atoms with Crippen molar-refractivity contribution in [1.82, 2.24) is 4.98 Å². The van der Waals surface area contributed by atoms with E-state index in [-0.39, 0.29) is 6.61 Å². The lowest BCUT2D eigenvalue weighted by atomic mass is 10.1. The predicted molar refractivity (Wildman–Crippen MR) is 66.3 cm³/mol. The number of anilines is 1. The van der Waals surface area contributed by atoms with Crippen molar-refractivity contribution in [1.29, 1.82) is 0 Å². The van der Waals surface area contributed by atoms with Crippen molar-refractivity contribution in [3.05, 3.63) is 28.2 Å². The van der Waals surface area contributed by atoms with Crippen LogP contribution >= 0.6 is 15.9 Å². The second kappa shape index (κ2) is 4.27. The van der Waals surface area contributed by atoms with E-state index in [9.17, 15) is 0 Å². The van der Waals surface area contributed by atoms with E-state index in [0.29, 0.717) is 22.6 Å². The largest absolute Gasteiger partial charge is 0.494 e. The van der Waals surface area contributed by atoms with Crippen molar-refractivity contribution >= 4 is 32.7 Å². The Labute approximate surface area is 101 Å². The van der Waals surface area contributed by atoms with Gasteiger partial charge >= 0.3 is 0 Å². The van der Waals surface area contributed by atoms with Crippen LogP contribution in [0, 0.1) is 0 Å². The summed E-state index contributed by atoms with van der Waals surface area (Å²) in [5.41, 5.74) is 7.03. The summed E-state index contributed by atoms with van der Waals surface area (Å²) in [5.74, 6) is 0.987. The predicted octanol–water partition coefficient (Wildman–Crippen LogP) is 2.08. The SMILES string of the molecule is COc1ccc(Br)c2cc(CO)c(N)nc12. The van der Waals surface area contributed by atoms with E-state index in [1.54, 1.807) is 7.11 Å². The van der Waals surface area contributed by atoms with E-state index in [1.807, 2.05) is 18.2 Å². The van der Waals surface area contributed by atoms with Crippen LogP contribution in [0.5, 0.6) is 5.75 Å². The normalized spacial score (nSPS) is 10.7. The van der Waals surface area contributed by atoms with Gasteiger partial charge in [-0.25, -0.2) is 4.98 Å². The summed E-state index contributed by atoms with van der Waals surface area (Å²) >= 11 is 3.43. The molecule has 5 heteroatoms. The fraction of sp³-hybridized carbons (Fsp3) is 0.182. The molecule has 0 spiro atoms. The first-order chi connectivity index (χ1) is 7.67. The van der Waals surface area contributed by atoms with Gasteiger partial charge in [0, 0.05) is 15.4 Å². The van der Waals surface area contributed by atoms with Gasteiger partial charge in [0.2, 0.25) is 0 Å². The van der Waals surface area contributed by atoms with E-state index < -0.39 is 0 Å². The topological polar surface area (TPSA) is 68.4 Å². The number of fused-ring (bicyclic) bond motifs is 1. The highest BCUT2D eigenvalue weighted by molar-refractivity contribution is 9.10. The lowest BCUT2D eigenvalue weighted by molar-refractivity contribution is 0.282. The molecule has 0 amide bonds. The maximum Gasteiger partial charge on any atom is 0.145 e. The molecule has 0 bridgehead atoms. The van der Waals surface area contributed by atoms with Gasteiger partial charge in [0.15, 0.2) is 0 Å². The number of nitrogen functional groups attached to an aromatic ring is 1. The highest BCUT2D eigenvalue weighted by Crippen LogP contribution is 2.32. The zero-order chi connectivity index (χ0) is 11.7. The number of hydrogen-bond acceptors (Lipinski definition) is 4. The van der Waals surface area contributed by atoms with E-state index in [1.165, 1.54) is 0 Å². The fourth-order valence-electron chi connectivity index (χ4n) is 1.55. The average Bonchev–Trinajstić information content (AvgIpc) is 2.29. The Morgan fingerprint density at radius 2 is 2.25 bits per heavy atom. The number of ether oxygens (including phenoxy) is 1. The van der Waals surface area contributed by atoms with Crippen LogP contribution in [0.4, 0.5) is 5.82 Å². The molecule has 0 fully saturated rings. The number of aromatic nitrogens is 1. The minimum absolute atomic E-state index is 0.127. The van der Waals surface area contributed by atoms with Crippen molar-refractivity contribution in [2.45, 2.75) is 6.61 Å². The van der Waals surface area contributed by atoms with Crippen molar-refractivity contribution in [2.75, 3.05) is 12.8 Å². The van der Waals surface area contributed by atoms with E-state index >= 15 is 0 Å². The Bertz CT molecular complexity index is 543. The van der Waals surface area contributed by atoms with Gasteiger partial charge in [0.1, 0.15) is 17.1 Å². The molecular weight excluding hydrogens is 272 g/mol. The van der Waals surface area contributed by atoms with Crippen LogP contribution in [0.2, 0.25) is 0 Å². The molecule has 0 unspecified atom stereocenters. The van der Waals surface area contributed by atoms with Gasteiger partial charge in [-0.3, -0.25) is 0 Å². The van der Waals surface area contributed by atoms with E-state index in [0.717, 1.165) is 9.86 Å². The van der Waals surface area contributed by atoms with Gasteiger partial charge in [-0.1, -0.05) is 15.9 Å². The first-order valence-corrected chi connectivity index (χ1v) is 5.49. The van der Waals surface area contributed by atoms with Crippen LogP contribution in [-0.2, 0) is 6.61 Å². The molecule has 0 aliphatic carbocycles. The number of pyridine rings is 1. The third-order valence-electron chi connectivity index (χ3n) is 2.40. The van der Waals surface area contributed by atoms with Gasteiger partial charge in [-0.2, -0.15) is 0 Å². The fourth-order valence-corrected chi connectivity index (χ4v) is 1.98. The van der Waals surface area contributed by atoms with Crippen LogP contribution < -0.4 is 10.5 Å². The maximum atomic E-state index is 9.13. The monoisotopic (exact) mass is 282 g/mol. The van der Waals surface area contributed by atoms with Gasteiger partial charge in [0.25, 0.3) is 0 Å². The van der Waals surface area contributed by atoms with Crippen molar-refractivity contribution in [3.8, 4) is 5.75 Å². The van der Waals surface area contributed by atoms with Crippen molar-refractivity contribution < 1.29 is 9.84 Å². The molecule has 3 N–H and O–H groups in total. The summed E-state index contributed by atoms with van der Waals surface area (Å²) in [5, 5.41) is 10.0. The number of halogens is 1. The number of aliphatic hydroxyl groups excluding tert-OH is 1. The molecule has 0 atom stereocenters. The number of methoxy groups -OCH3 is 1. The summed E-state index contributed by atoms with van der Waals surface area (Å²) in [6.45, 7) is -0.127. The number of rotatable bonds is 2. The zero-order valence-electron chi connectivity index (χ0n) is 8.70. The number of benzene rings is 1. The van der Waals surface area contributed by atoms with Gasteiger partial charge in [-0.05, 0) is 18.2 Å². The molecule has 1 aromatic heterocycles. The molecule has 84 valence electrons. The van der Waals surface area contributed by atoms with Gasteiger partial charge in [-0.15, -0.1) is 0 Å². The molecular formula is C11H11BrN2O2. The van der Waals surface area contributed by atoms with Crippen LogP contribution in [-0.4, -0.2) is 17.2 Å². The molecule has 0 aliphatic heterocycles. The highest BCUT2D eigenvalue weighted by Gasteiger charge is 2.10. The van der Waals surface area contributed by atoms with Crippen LogP contribution in [0.1, 0.15) is 5.56 Å². The molecule has 0 saturated carbocycles. The number of aliphatic hydroxyl groups is 1. The Hall–Kier alpha value is -1.33. The first kappa shape index (κ1) is 11.2. The Balaban J connectivity index is 2.82. The molecule has 2 rings (SSSR count). The Kier molecular flexibility index (Phi) is 2.98. The van der Waals surface area contributed by atoms with Gasteiger partial charge in [0.05, 0.1) is 13.7 Å². The summed E-state index contributed by atoms with van der Waals surface area (Å²) in [4.78, 5) is 4.24. The lowest BCUT2D eigenvalue weighted by Gasteiger charge is -2.09. The summed E-state index contributed by atoms with van der Waals surface area (Å²) in [6, 6.07) is 5.50. The number of hydrogen-bond donors (Lipinski definition) is 2. The average molecular weight is 283 g/mol. The highest BCUT2D eigenvalue weighted by atomic mass is 79.9. The molecule has 0 radical (unpaired) electrons. The third-order valence-corrected chi connectivity index (χ3v) is 3.09. The minimum atomic E-state index is -0.127. The molecule has 4 nitrogen and oxygen atoms in total. The van der Waals surface area contributed by atoms with E-state index in [4.69, 9.17) is 15.6 Å². The second-order valence-corrected chi connectivity index (χ2v) is 4.19. The summed E-state index contributed by atoms with van der Waals surface area (Å²) < 4.78 is 6.10. The van der Waals surface area contributed by atoms with E-state index in [2.05, 4.69) is 20.9 Å². The number of nitrogens with zero attached hydrogens (tertiary/aromatic N) is 1. The molecule has 2 aromatic rings. The first-order valence-electron chi connectivity index (χ1n) is 4.70. The molecule has 0 saturated heterocycles. The van der Waals surface area contributed by atoms with Crippen molar-refractivity contribution in [3.63, 3.8) is 0 Å². The smallest absolute Gasteiger partial charge is 0.145 e. The molecule has 16 heavy (non-hydrogen) atoms. The quantitative estimate of drug-likeness (QED) is 0.885. The van der Waals surface area contributed by atoms with Crippen LogP contribution in [0.3, 0.4) is 0 Å². The standard InChI is InChI=1S/C11H11BrN2O2/c1-16-9-3-2-8(12)7-4-6(5-15)11(13)14-10(7)9/h2-4,15H,5H2,1H3,(H2,13,14). The molecule has 1 aromatic carbocycles. The second-order valence-electron chi connectivity index (χ2n) is 3.34. The van der Waals surface area contributed by atoms with Crippen LogP contribution in [0.15, 0.2) is 22.7 Å². The number of nitrogens with two attached hydrogens (primary N) is 1. The molecule has 1 heterocycles. The zero-order valence-corrected chi connectivity index (χ0v) is 10.3. The van der Waals surface area contributed by atoms with Crippen molar-refractivity contribution in [2.24, 2.45) is 0 Å². The third kappa shape index (κ3) is 1.72. The lowest BCUT2D eigenvalue weighted by Crippen LogP contribution is -1.99. The van der Waals surface area contributed by atoms with Crippen LogP contribution in [0.25, 0.3) is 10.9 Å². The summed E-state index contributed by atoms with van der Waals surface area (Å²) in [7, 11) is 1.58.